The molecule has 114 valence electrons. The van der Waals surface area contributed by atoms with Crippen LogP contribution in [0.4, 0.5) is 0 Å². The number of aromatic amines is 1. The van der Waals surface area contributed by atoms with Crippen LogP contribution in [0.15, 0.2) is 73.6 Å². The van der Waals surface area contributed by atoms with E-state index in [1.165, 1.54) is 0 Å². The molecule has 5 rings (SSSR count). The molecule has 0 unspecified atom stereocenters. The standard InChI is InChI=1S/C19H13N5/c1-3-17-19(9-14(1)13-5-7-20-8-6-13)24(12-23-17)15-2-4-16-18(10-15)22-11-21-16/h1-12H,(H,21,22). The summed E-state index contributed by atoms with van der Waals surface area (Å²) in [5, 5.41) is 0. The zero-order chi connectivity index (χ0) is 15.9. The van der Waals surface area contributed by atoms with Gasteiger partial charge in [0.05, 0.1) is 28.4 Å². The topological polar surface area (TPSA) is 59.4 Å². The molecule has 3 heterocycles. The van der Waals surface area contributed by atoms with Crippen LogP contribution in [-0.4, -0.2) is 24.5 Å². The van der Waals surface area contributed by atoms with Gasteiger partial charge < -0.3 is 4.98 Å². The van der Waals surface area contributed by atoms with Crippen molar-refractivity contribution in [3.63, 3.8) is 0 Å². The molecule has 24 heavy (non-hydrogen) atoms. The quantitative estimate of drug-likeness (QED) is 0.537. The lowest BCUT2D eigenvalue weighted by atomic mass is 10.1. The Kier molecular flexibility index (Phi) is 2.72. The van der Waals surface area contributed by atoms with Gasteiger partial charge in [0.1, 0.15) is 6.33 Å². The van der Waals surface area contributed by atoms with E-state index in [0.29, 0.717) is 0 Å². The van der Waals surface area contributed by atoms with E-state index in [9.17, 15) is 0 Å². The molecule has 3 aromatic heterocycles. The van der Waals surface area contributed by atoms with Crippen LogP contribution in [0.3, 0.4) is 0 Å². The smallest absolute Gasteiger partial charge is 0.100 e. The van der Waals surface area contributed by atoms with Crippen molar-refractivity contribution in [2.45, 2.75) is 0 Å². The minimum atomic E-state index is 0.959. The Morgan fingerprint density at radius 2 is 1.67 bits per heavy atom. The Morgan fingerprint density at radius 3 is 2.58 bits per heavy atom. The number of hydrogen-bond acceptors (Lipinski definition) is 3. The third-order valence-electron chi connectivity index (χ3n) is 4.24. The van der Waals surface area contributed by atoms with Crippen molar-refractivity contribution in [1.82, 2.24) is 24.5 Å². The van der Waals surface area contributed by atoms with Crippen LogP contribution >= 0.6 is 0 Å². The molecule has 5 aromatic rings. The second kappa shape index (κ2) is 5.03. The van der Waals surface area contributed by atoms with E-state index >= 15 is 0 Å². The number of nitrogens with zero attached hydrogens (tertiary/aromatic N) is 4. The summed E-state index contributed by atoms with van der Waals surface area (Å²) < 4.78 is 2.10. The average Bonchev–Trinajstić information content (AvgIpc) is 3.27. The van der Waals surface area contributed by atoms with Crippen molar-refractivity contribution in [2.75, 3.05) is 0 Å². The van der Waals surface area contributed by atoms with E-state index in [-0.39, 0.29) is 0 Å². The molecule has 5 heteroatoms. The van der Waals surface area contributed by atoms with E-state index in [1.807, 2.05) is 36.9 Å². The van der Waals surface area contributed by atoms with Gasteiger partial charge in [-0.25, -0.2) is 9.97 Å². The van der Waals surface area contributed by atoms with Crippen molar-refractivity contribution in [2.24, 2.45) is 0 Å². The van der Waals surface area contributed by atoms with Crippen LogP contribution in [0.2, 0.25) is 0 Å². The SMILES string of the molecule is c1cc(-c2ccc3ncn(-c4ccc5nc[nH]c5c4)c3c2)ccn1. The van der Waals surface area contributed by atoms with E-state index in [0.717, 1.165) is 38.9 Å². The van der Waals surface area contributed by atoms with Gasteiger partial charge in [-0.05, 0) is 53.6 Å². The second-order valence-electron chi connectivity index (χ2n) is 5.66. The van der Waals surface area contributed by atoms with E-state index in [4.69, 9.17) is 0 Å². The van der Waals surface area contributed by atoms with Gasteiger partial charge in [-0.2, -0.15) is 0 Å². The van der Waals surface area contributed by atoms with E-state index in [2.05, 4.69) is 54.8 Å². The first-order valence-corrected chi connectivity index (χ1v) is 7.69. The van der Waals surface area contributed by atoms with Crippen LogP contribution in [0.25, 0.3) is 38.9 Å². The van der Waals surface area contributed by atoms with Gasteiger partial charge in [0.2, 0.25) is 0 Å². The van der Waals surface area contributed by atoms with Gasteiger partial charge in [-0.1, -0.05) is 6.07 Å². The first kappa shape index (κ1) is 13.0. The Labute approximate surface area is 137 Å². The van der Waals surface area contributed by atoms with Crippen molar-refractivity contribution in [3.05, 3.63) is 73.6 Å². The van der Waals surface area contributed by atoms with Gasteiger partial charge >= 0.3 is 0 Å². The molecule has 1 N–H and O–H groups in total. The predicted molar refractivity (Wildman–Crippen MR) is 94.0 cm³/mol. The predicted octanol–water partition coefficient (Wildman–Crippen LogP) is 3.96. The monoisotopic (exact) mass is 311 g/mol. The summed E-state index contributed by atoms with van der Waals surface area (Å²) in [7, 11) is 0. The zero-order valence-electron chi connectivity index (χ0n) is 12.7. The summed E-state index contributed by atoms with van der Waals surface area (Å²) in [6, 6.07) is 16.5. The summed E-state index contributed by atoms with van der Waals surface area (Å²) in [6.45, 7) is 0. The maximum atomic E-state index is 4.52. The molecule has 5 nitrogen and oxygen atoms in total. The van der Waals surface area contributed by atoms with Crippen molar-refractivity contribution >= 4 is 22.1 Å². The number of fused-ring (bicyclic) bond motifs is 2. The number of pyridine rings is 1. The van der Waals surface area contributed by atoms with Crippen LogP contribution < -0.4 is 0 Å². The third kappa shape index (κ3) is 1.99. The minimum absolute atomic E-state index is 0.959. The van der Waals surface area contributed by atoms with Gasteiger partial charge in [0.25, 0.3) is 0 Å². The molecule has 0 aliphatic heterocycles. The van der Waals surface area contributed by atoms with Crippen LogP contribution in [0, 0.1) is 0 Å². The van der Waals surface area contributed by atoms with Crippen molar-refractivity contribution < 1.29 is 0 Å². The summed E-state index contributed by atoms with van der Waals surface area (Å²) >= 11 is 0. The Balaban J connectivity index is 1.71. The van der Waals surface area contributed by atoms with Crippen LogP contribution in [0.5, 0.6) is 0 Å². The van der Waals surface area contributed by atoms with Gasteiger partial charge in [0.15, 0.2) is 0 Å². The molecule has 0 spiro atoms. The first-order chi connectivity index (χ1) is 11.9. The number of hydrogen-bond donors (Lipinski definition) is 1. The molecule has 0 bridgehead atoms. The molecular formula is C19H13N5. The fourth-order valence-electron chi connectivity index (χ4n) is 3.01. The minimum Gasteiger partial charge on any atom is -0.345 e. The second-order valence-corrected chi connectivity index (χ2v) is 5.66. The first-order valence-electron chi connectivity index (χ1n) is 7.69. The number of benzene rings is 2. The lowest BCUT2D eigenvalue weighted by molar-refractivity contribution is 1.09. The maximum absolute atomic E-state index is 4.52. The van der Waals surface area contributed by atoms with Crippen LogP contribution in [0.1, 0.15) is 0 Å². The Morgan fingerprint density at radius 1 is 0.792 bits per heavy atom. The molecule has 0 radical (unpaired) electrons. The fraction of sp³-hybridized carbons (Fsp3) is 0. The van der Waals surface area contributed by atoms with Crippen molar-refractivity contribution in [3.8, 4) is 16.8 Å². The van der Waals surface area contributed by atoms with Gasteiger partial charge in [0, 0.05) is 18.1 Å². The molecular weight excluding hydrogens is 298 g/mol. The van der Waals surface area contributed by atoms with Crippen molar-refractivity contribution in [1.29, 1.82) is 0 Å². The Hall–Kier alpha value is -3.47. The molecule has 0 fully saturated rings. The number of H-pyrrole nitrogens is 1. The number of aromatic nitrogens is 5. The van der Waals surface area contributed by atoms with Gasteiger partial charge in [-0.3, -0.25) is 9.55 Å². The molecule has 0 saturated carbocycles. The highest BCUT2D eigenvalue weighted by atomic mass is 15.0. The Bertz CT molecular complexity index is 1150. The number of imidazole rings is 2. The summed E-state index contributed by atoms with van der Waals surface area (Å²) in [5.74, 6) is 0. The normalized spacial score (nSPS) is 11.3. The molecule has 0 atom stereocenters. The molecule has 0 aliphatic carbocycles. The zero-order valence-corrected chi connectivity index (χ0v) is 12.7. The highest BCUT2D eigenvalue weighted by molar-refractivity contribution is 5.84. The lowest BCUT2D eigenvalue weighted by Gasteiger charge is -2.06. The summed E-state index contributed by atoms with van der Waals surface area (Å²) in [6.07, 6.45) is 7.19. The third-order valence-corrected chi connectivity index (χ3v) is 4.24. The van der Waals surface area contributed by atoms with E-state index in [1.54, 1.807) is 6.33 Å². The fourth-order valence-corrected chi connectivity index (χ4v) is 3.01. The lowest BCUT2D eigenvalue weighted by Crippen LogP contribution is -1.92. The average molecular weight is 311 g/mol. The highest BCUT2D eigenvalue weighted by Crippen LogP contribution is 2.26. The molecule has 0 amide bonds. The number of rotatable bonds is 2. The van der Waals surface area contributed by atoms with E-state index < -0.39 is 0 Å². The molecule has 0 aliphatic rings. The number of nitrogens with one attached hydrogen (secondary N) is 1. The summed E-state index contributed by atoms with van der Waals surface area (Å²) in [5.41, 5.74) is 7.36. The summed E-state index contributed by atoms with van der Waals surface area (Å²) in [4.78, 5) is 16.0. The maximum Gasteiger partial charge on any atom is 0.100 e. The van der Waals surface area contributed by atoms with Crippen LogP contribution in [-0.2, 0) is 0 Å². The molecule has 0 saturated heterocycles. The van der Waals surface area contributed by atoms with Gasteiger partial charge in [-0.15, -0.1) is 0 Å². The largest absolute Gasteiger partial charge is 0.345 e. The highest BCUT2D eigenvalue weighted by Gasteiger charge is 2.08. The molecule has 2 aromatic carbocycles.